The van der Waals surface area contributed by atoms with Gasteiger partial charge < -0.3 is 24.1 Å². The summed E-state index contributed by atoms with van der Waals surface area (Å²) < 4.78 is 18.4. The molecule has 40 heavy (non-hydrogen) atoms. The van der Waals surface area contributed by atoms with Crippen molar-refractivity contribution < 1.29 is 23.8 Å². The quantitative estimate of drug-likeness (QED) is 0.163. The Balaban J connectivity index is 1.46. The monoisotopic (exact) mass is 580 g/mol. The van der Waals surface area contributed by atoms with Gasteiger partial charge in [-0.25, -0.2) is 4.79 Å². The maximum atomic E-state index is 12.9. The first-order valence-electron chi connectivity index (χ1n) is 12.7. The van der Waals surface area contributed by atoms with Crippen molar-refractivity contribution in [2.75, 3.05) is 25.3 Å². The molecule has 0 aliphatic heterocycles. The molecule has 2 heterocycles. The van der Waals surface area contributed by atoms with Gasteiger partial charge in [-0.1, -0.05) is 41.6 Å². The number of aromatic nitrogens is 3. The molecule has 0 spiro atoms. The number of thioether (sulfide) groups is 1. The lowest BCUT2D eigenvalue weighted by Crippen LogP contribution is -2.17. The van der Waals surface area contributed by atoms with Crippen molar-refractivity contribution in [1.29, 1.82) is 0 Å². The normalized spacial score (nSPS) is 11.7. The summed E-state index contributed by atoms with van der Waals surface area (Å²) >= 11 is 2.54. The zero-order valence-corrected chi connectivity index (χ0v) is 24.9. The van der Waals surface area contributed by atoms with Crippen LogP contribution in [0.25, 0.3) is 11.1 Å². The standard InChI is InChI=1S/C29H32N4O5S2/c1-7-33-26(19(4)38-23-13-8-17(2)14-18(23)3)31-32-29(33)40-16-24(34)30-27-25(28(35)37-6)22(15-39-27)20-9-11-21(36-5)12-10-20/h8-15,19H,7,16H2,1-6H3,(H,30,34). The molecule has 2 aromatic carbocycles. The van der Waals surface area contributed by atoms with Crippen LogP contribution < -0.4 is 14.8 Å². The van der Waals surface area contributed by atoms with Gasteiger partial charge >= 0.3 is 5.97 Å². The first kappa shape index (κ1) is 29.2. The lowest BCUT2D eigenvalue weighted by Gasteiger charge is -2.17. The minimum atomic E-state index is -0.525. The first-order valence-corrected chi connectivity index (χ1v) is 14.6. The Morgan fingerprint density at radius 3 is 2.50 bits per heavy atom. The Hall–Kier alpha value is -3.83. The van der Waals surface area contributed by atoms with Gasteiger partial charge in [0.05, 0.1) is 20.0 Å². The average Bonchev–Trinajstić information content (AvgIpc) is 3.57. The van der Waals surface area contributed by atoms with E-state index in [-0.39, 0.29) is 17.8 Å². The number of nitrogens with zero attached hydrogens (tertiary/aromatic N) is 3. The highest BCUT2D eigenvalue weighted by Gasteiger charge is 2.24. The number of carbonyl (C=O) groups excluding carboxylic acids is 2. The van der Waals surface area contributed by atoms with Crippen molar-refractivity contribution in [2.45, 2.75) is 45.5 Å². The van der Waals surface area contributed by atoms with Crippen LogP contribution in [0, 0.1) is 13.8 Å². The molecule has 9 nitrogen and oxygen atoms in total. The van der Waals surface area contributed by atoms with Crippen LogP contribution in [0.2, 0.25) is 0 Å². The molecule has 1 N–H and O–H groups in total. The number of nitrogens with one attached hydrogen (secondary N) is 1. The molecule has 210 valence electrons. The lowest BCUT2D eigenvalue weighted by atomic mass is 10.0. The van der Waals surface area contributed by atoms with Crippen molar-refractivity contribution >= 4 is 40.0 Å². The molecule has 0 aliphatic rings. The molecule has 11 heteroatoms. The predicted octanol–water partition coefficient (Wildman–Crippen LogP) is 6.31. The third kappa shape index (κ3) is 6.48. The van der Waals surface area contributed by atoms with E-state index in [1.165, 1.54) is 35.8 Å². The van der Waals surface area contributed by atoms with E-state index < -0.39 is 5.97 Å². The van der Waals surface area contributed by atoms with Gasteiger partial charge in [0.25, 0.3) is 0 Å². The smallest absolute Gasteiger partial charge is 0.341 e. The third-order valence-electron chi connectivity index (χ3n) is 6.23. The number of hydrogen-bond acceptors (Lipinski definition) is 9. The summed E-state index contributed by atoms with van der Waals surface area (Å²) in [6.45, 7) is 8.61. The van der Waals surface area contributed by atoms with Gasteiger partial charge in [0.1, 0.15) is 22.1 Å². The lowest BCUT2D eigenvalue weighted by molar-refractivity contribution is -0.113. The van der Waals surface area contributed by atoms with Crippen molar-refractivity contribution in [3.63, 3.8) is 0 Å². The summed E-state index contributed by atoms with van der Waals surface area (Å²) in [6, 6.07) is 13.4. The van der Waals surface area contributed by atoms with Crippen LogP contribution in [0.1, 0.15) is 47.3 Å². The van der Waals surface area contributed by atoms with Crippen LogP contribution in [0.5, 0.6) is 11.5 Å². The zero-order valence-electron chi connectivity index (χ0n) is 23.3. The Morgan fingerprint density at radius 1 is 1.10 bits per heavy atom. The fourth-order valence-corrected chi connectivity index (χ4v) is 5.99. The molecule has 0 saturated heterocycles. The van der Waals surface area contributed by atoms with E-state index in [0.29, 0.717) is 39.4 Å². The molecular weight excluding hydrogens is 548 g/mol. The van der Waals surface area contributed by atoms with Crippen LogP contribution in [-0.2, 0) is 16.1 Å². The highest BCUT2D eigenvalue weighted by molar-refractivity contribution is 7.99. The molecule has 1 unspecified atom stereocenters. The largest absolute Gasteiger partial charge is 0.497 e. The number of hydrogen-bond donors (Lipinski definition) is 1. The van der Waals surface area contributed by atoms with Gasteiger partial charge in [-0.15, -0.1) is 21.5 Å². The average molecular weight is 581 g/mol. The van der Waals surface area contributed by atoms with E-state index in [4.69, 9.17) is 14.2 Å². The van der Waals surface area contributed by atoms with Gasteiger partial charge in [-0.2, -0.15) is 0 Å². The van der Waals surface area contributed by atoms with Crippen LogP contribution in [0.4, 0.5) is 5.00 Å². The van der Waals surface area contributed by atoms with Crippen LogP contribution >= 0.6 is 23.1 Å². The molecule has 4 rings (SSSR count). The number of anilines is 1. The molecular formula is C29H32N4O5S2. The predicted molar refractivity (Wildman–Crippen MR) is 158 cm³/mol. The van der Waals surface area contributed by atoms with Crippen molar-refractivity contribution in [3.05, 3.63) is 70.4 Å². The second-order valence-electron chi connectivity index (χ2n) is 9.02. The van der Waals surface area contributed by atoms with Crippen LogP contribution in [-0.4, -0.2) is 46.6 Å². The Bertz CT molecular complexity index is 1500. The first-order chi connectivity index (χ1) is 19.2. The summed E-state index contributed by atoms with van der Waals surface area (Å²) in [5.74, 6) is 1.47. The molecule has 0 radical (unpaired) electrons. The summed E-state index contributed by atoms with van der Waals surface area (Å²) in [7, 11) is 2.91. The molecule has 1 amide bonds. The van der Waals surface area contributed by atoms with Gasteiger partial charge in [-0.05, 0) is 57.0 Å². The minimum absolute atomic E-state index is 0.0842. The van der Waals surface area contributed by atoms with Crippen LogP contribution in [0.3, 0.4) is 0 Å². The summed E-state index contributed by atoms with van der Waals surface area (Å²) in [5.41, 5.74) is 4.02. The van der Waals surface area contributed by atoms with Crippen molar-refractivity contribution in [3.8, 4) is 22.6 Å². The van der Waals surface area contributed by atoms with E-state index in [0.717, 1.165) is 16.9 Å². The maximum Gasteiger partial charge on any atom is 0.341 e. The third-order valence-corrected chi connectivity index (χ3v) is 8.09. The van der Waals surface area contributed by atoms with Gasteiger partial charge in [0.2, 0.25) is 5.91 Å². The number of benzene rings is 2. The number of methoxy groups -OCH3 is 2. The minimum Gasteiger partial charge on any atom is -0.497 e. The zero-order chi connectivity index (χ0) is 28.8. The fourth-order valence-electron chi connectivity index (χ4n) is 4.21. The van der Waals surface area contributed by atoms with Gasteiger partial charge in [-0.3, -0.25) is 4.79 Å². The molecule has 0 saturated carbocycles. The number of carbonyl (C=O) groups is 2. The second kappa shape index (κ2) is 13.0. The van der Waals surface area contributed by atoms with Crippen LogP contribution in [0.15, 0.2) is 53.0 Å². The fraction of sp³-hybridized carbons (Fsp3) is 0.310. The number of rotatable bonds is 11. The molecule has 0 aliphatic carbocycles. The molecule has 0 fully saturated rings. The van der Waals surface area contributed by atoms with E-state index >= 15 is 0 Å². The van der Waals surface area contributed by atoms with Crippen molar-refractivity contribution in [2.24, 2.45) is 0 Å². The molecule has 0 bridgehead atoms. The number of thiophene rings is 1. The van der Waals surface area contributed by atoms with E-state index in [2.05, 4.69) is 21.6 Å². The topological polar surface area (TPSA) is 105 Å². The second-order valence-corrected chi connectivity index (χ2v) is 10.8. The maximum absolute atomic E-state index is 12.9. The summed E-state index contributed by atoms with van der Waals surface area (Å²) in [6.07, 6.45) is -0.331. The number of aryl methyl sites for hydroxylation is 2. The van der Waals surface area contributed by atoms with Gasteiger partial charge in [0.15, 0.2) is 17.1 Å². The molecule has 2 aromatic heterocycles. The van der Waals surface area contributed by atoms with E-state index in [1.54, 1.807) is 7.11 Å². The SMILES string of the molecule is CCn1c(SCC(=O)Nc2scc(-c3ccc(OC)cc3)c2C(=O)OC)nnc1C(C)Oc1ccc(C)cc1C. The Morgan fingerprint density at radius 2 is 1.85 bits per heavy atom. The van der Waals surface area contributed by atoms with E-state index in [1.807, 2.05) is 74.0 Å². The highest BCUT2D eigenvalue weighted by atomic mass is 32.2. The van der Waals surface area contributed by atoms with Gasteiger partial charge in [0, 0.05) is 17.5 Å². The summed E-state index contributed by atoms with van der Waals surface area (Å²) in [4.78, 5) is 25.6. The molecule has 1 atom stereocenters. The Labute approximate surface area is 241 Å². The van der Waals surface area contributed by atoms with E-state index in [9.17, 15) is 9.59 Å². The number of ether oxygens (including phenoxy) is 3. The Kier molecular flexibility index (Phi) is 9.49. The van der Waals surface area contributed by atoms with Crippen molar-refractivity contribution in [1.82, 2.24) is 14.8 Å². The number of amides is 1. The summed E-state index contributed by atoms with van der Waals surface area (Å²) in [5, 5.41) is 14.4. The number of esters is 1. The molecule has 4 aromatic rings. The highest BCUT2D eigenvalue weighted by Crippen LogP contribution is 2.37.